The van der Waals surface area contributed by atoms with Crippen molar-refractivity contribution in [2.75, 3.05) is 0 Å². The third-order valence-corrected chi connectivity index (χ3v) is 3.14. The molecule has 0 aliphatic rings. The largest absolute Gasteiger partial charge is 0.445 e. The molecule has 4 nitrogen and oxygen atoms in total. The average molecular weight is 233 g/mol. The predicted octanol–water partition coefficient (Wildman–Crippen LogP) is 2.23. The van der Waals surface area contributed by atoms with E-state index < -0.39 is 0 Å². The van der Waals surface area contributed by atoms with Gasteiger partial charge in [0.2, 0.25) is 5.89 Å². The Morgan fingerprint density at radius 1 is 1.29 bits per heavy atom. The molecule has 0 saturated heterocycles. The third kappa shape index (κ3) is 2.58. The number of hydrogen-bond donors (Lipinski definition) is 1. The van der Waals surface area contributed by atoms with Gasteiger partial charge in [0, 0.05) is 25.0 Å². The van der Waals surface area contributed by atoms with Crippen molar-refractivity contribution in [2.24, 2.45) is 7.05 Å². The van der Waals surface area contributed by atoms with Crippen molar-refractivity contribution < 1.29 is 4.42 Å². The zero-order chi connectivity index (χ0) is 12.4. The van der Waals surface area contributed by atoms with Crippen LogP contribution in [0.5, 0.6) is 0 Å². The lowest BCUT2D eigenvalue weighted by Crippen LogP contribution is -2.13. The SMILES string of the molecule is Cc1cnc(CNCc2cc(C)n(C)c2C)o1. The molecule has 0 bridgehead atoms. The number of aryl methyl sites for hydroxylation is 2. The number of hydrogen-bond acceptors (Lipinski definition) is 3. The van der Waals surface area contributed by atoms with Gasteiger partial charge in [-0.2, -0.15) is 0 Å². The van der Waals surface area contributed by atoms with Gasteiger partial charge in [-0.25, -0.2) is 4.98 Å². The Kier molecular flexibility index (Phi) is 3.33. The Bertz CT molecular complexity index is 511. The molecule has 0 saturated carbocycles. The second kappa shape index (κ2) is 4.75. The quantitative estimate of drug-likeness (QED) is 0.880. The van der Waals surface area contributed by atoms with Gasteiger partial charge in [0.1, 0.15) is 5.76 Å². The highest BCUT2D eigenvalue weighted by atomic mass is 16.4. The third-order valence-electron chi connectivity index (χ3n) is 3.14. The lowest BCUT2D eigenvalue weighted by atomic mass is 10.2. The molecule has 92 valence electrons. The van der Waals surface area contributed by atoms with Crippen LogP contribution in [0.1, 0.15) is 28.6 Å². The average Bonchev–Trinajstić information content (AvgIpc) is 2.80. The number of oxazole rings is 1. The minimum Gasteiger partial charge on any atom is -0.445 e. The molecule has 2 rings (SSSR count). The van der Waals surface area contributed by atoms with Crippen LogP contribution in [-0.2, 0) is 20.1 Å². The second-order valence-electron chi connectivity index (χ2n) is 4.42. The Balaban J connectivity index is 1.92. The summed E-state index contributed by atoms with van der Waals surface area (Å²) in [6.45, 7) is 7.67. The minimum atomic E-state index is 0.668. The summed E-state index contributed by atoms with van der Waals surface area (Å²) in [6, 6.07) is 2.21. The summed E-state index contributed by atoms with van der Waals surface area (Å²) in [6.07, 6.45) is 1.74. The predicted molar refractivity (Wildman–Crippen MR) is 66.7 cm³/mol. The van der Waals surface area contributed by atoms with E-state index in [2.05, 4.69) is 41.8 Å². The molecule has 0 unspecified atom stereocenters. The number of nitrogens with one attached hydrogen (secondary N) is 1. The molecule has 0 aliphatic heterocycles. The van der Waals surface area contributed by atoms with E-state index in [0.717, 1.165) is 18.2 Å². The topological polar surface area (TPSA) is 43.0 Å². The second-order valence-corrected chi connectivity index (χ2v) is 4.42. The fourth-order valence-electron chi connectivity index (χ4n) is 1.90. The van der Waals surface area contributed by atoms with Crippen molar-refractivity contribution >= 4 is 0 Å². The number of aromatic nitrogens is 2. The molecular formula is C13H19N3O. The lowest BCUT2D eigenvalue weighted by molar-refractivity contribution is 0.449. The Labute approximate surface area is 102 Å². The summed E-state index contributed by atoms with van der Waals surface area (Å²) in [5, 5.41) is 3.34. The summed E-state index contributed by atoms with van der Waals surface area (Å²) in [5.74, 6) is 1.60. The highest BCUT2D eigenvalue weighted by Gasteiger charge is 2.06. The Morgan fingerprint density at radius 2 is 2.06 bits per heavy atom. The molecule has 0 spiro atoms. The van der Waals surface area contributed by atoms with Crippen LogP contribution in [0.3, 0.4) is 0 Å². The minimum absolute atomic E-state index is 0.668. The standard InChI is InChI=1S/C13H19N3O/c1-9-5-12(11(3)16(9)4)7-14-8-13-15-6-10(2)17-13/h5-6,14H,7-8H2,1-4H3. The van der Waals surface area contributed by atoms with E-state index in [9.17, 15) is 0 Å². The van der Waals surface area contributed by atoms with Crippen molar-refractivity contribution in [1.82, 2.24) is 14.9 Å². The van der Waals surface area contributed by atoms with E-state index >= 15 is 0 Å². The van der Waals surface area contributed by atoms with Crippen LogP contribution >= 0.6 is 0 Å². The molecule has 2 aromatic rings. The van der Waals surface area contributed by atoms with Crippen LogP contribution in [-0.4, -0.2) is 9.55 Å². The van der Waals surface area contributed by atoms with Crippen LogP contribution in [0.4, 0.5) is 0 Å². The highest BCUT2D eigenvalue weighted by Crippen LogP contribution is 2.13. The van der Waals surface area contributed by atoms with E-state index in [1.807, 2.05) is 6.92 Å². The molecule has 0 radical (unpaired) electrons. The molecule has 0 atom stereocenters. The van der Waals surface area contributed by atoms with Gasteiger partial charge in [-0.1, -0.05) is 0 Å². The maximum absolute atomic E-state index is 5.40. The number of nitrogens with zero attached hydrogens (tertiary/aromatic N) is 2. The summed E-state index contributed by atoms with van der Waals surface area (Å²) < 4.78 is 7.60. The summed E-state index contributed by atoms with van der Waals surface area (Å²) >= 11 is 0. The van der Waals surface area contributed by atoms with E-state index in [-0.39, 0.29) is 0 Å². The zero-order valence-electron chi connectivity index (χ0n) is 10.9. The molecular weight excluding hydrogens is 214 g/mol. The van der Waals surface area contributed by atoms with Gasteiger partial charge in [-0.3, -0.25) is 0 Å². The van der Waals surface area contributed by atoms with Crippen molar-refractivity contribution in [2.45, 2.75) is 33.9 Å². The highest BCUT2D eigenvalue weighted by molar-refractivity contribution is 5.26. The summed E-state index contributed by atoms with van der Waals surface area (Å²) in [4.78, 5) is 4.16. The van der Waals surface area contributed by atoms with Crippen molar-refractivity contribution in [1.29, 1.82) is 0 Å². The first kappa shape index (κ1) is 11.9. The Morgan fingerprint density at radius 3 is 2.59 bits per heavy atom. The van der Waals surface area contributed by atoms with Gasteiger partial charge >= 0.3 is 0 Å². The van der Waals surface area contributed by atoms with Gasteiger partial charge < -0.3 is 14.3 Å². The first-order valence-electron chi connectivity index (χ1n) is 5.81. The van der Waals surface area contributed by atoms with Crippen LogP contribution in [0.15, 0.2) is 16.7 Å². The van der Waals surface area contributed by atoms with Gasteiger partial charge in [0.25, 0.3) is 0 Å². The molecule has 0 fully saturated rings. The molecule has 2 heterocycles. The van der Waals surface area contributed by atoms with Crippen LogP contribution < -0.4 is 5.32 Å². The van der Waals surface area contributed by atoms with Crippen LogP contribution in [0.2, 0.25) is 0 Å². The fourth-order valence-corrected chi connectivity index (χ4v) is 1.90. The maximum atomic E-state index is 5.40. The van der Waals surface area contributed by atoms with E-state index in [4.69, 9.17) is 4.42 Å². The normalized spacial score (nSPS) is 11.1. The molecule has 0 amide bonds. The van der Waals surface area contributed by atoms with E-state index in [1.165, 1.54) is 17.0 Å². The molecule has 4 heteroatoms. The van der Waals surface area contributed by atoms with Crippen molar-refractivity contribution in [3.05, 3.63) is 40.9 Å². The first-order chi connectivity index (χ1) is 8.08. The zero-order valence-corrected chi connectivity index (χ0v) is 10.9. The Hall–Kier alpha value is -1.55. The molecule has 0 aromatic carbocycles. The van der Waals surface area contributed by atoms with Gasteiger partial charge in [0.15, 0.2) is 0 Å². The van der Waals surface area contributed by atoms with Crippen LogP contribution in [0, 0.1) is 20.8 Å². The molecule has 0 aliphatic carbocycles. The lowest BCUT2D eigenvalue weighted by Gasteiger charge is -2.03. The van der Waals surface area contributed by atoms with E-state index in [0.29, 0.717) is 6.54 Å². The fraction of sp³-hybridized carbons (Fsp3) is 0.462. The van der Waals surface area contributed by atoms with Crippen LogP contribution in [0.25, 0.3) is 0 Å². The van der Waals surface area contributed by atoms with Gasteiger partial charge in [-0.15, -0.1) is 0 Å². The smallest absolute Gasteiger partial charge is 0.208 e. The molecule has 17 heavy (non-hydrogen) atoms. The molecule has 1 N–H and O–H groups in total. The molecule has 2 aromatic heterocycles. The van der Waals surface area contributed by atoms with Crippen molar-refractivity contribution in [3.8, 4) is 0 Å². The first-order valence-corrected chi connectivity index (χ1v) is 5.81. The van der Waals surface area contributed by atoms with Gasteiger partial charge in [0.05, 0.1) is 12.7 Å². The number of rotatable bonds is 4. The summed E-state index contributed by atoms with van der Waals surface area (Å²) in [7, 11) is 2.09. The summed E-state index contributed by atoms with van der Waals surface area (Å²) in [5.41, 5.74) is 3.91. The van der Waals surface area contributed by atoms with Crippen molar-refractivity contribution in [3.63, 3.8) is 0 Å². The maximum Gasteiger partial charge on any atom is 0.208 e. The van der Waals surface area contributed by atoms with E-state index in [1.54, 1.807) is 6.20 Å². The van der Waals surface area contributed by atoms with Gasteiger partial charge in [-0.05, 0) is 32.4 Å². The monoisotopic (exact) mass is 233 g/mol.